The molecular formula is C11H19N3O. The maximum absolute atomic E-state index is 5.62. The third-order valence-corrected chi connectivity index (χ3v) is 1.79. The van der Waals surface area contributed by atoms with Crippen molar-refractivity contribution in [1.29, 1.82) is 0 Å². The summed E-state index contributed by atoms with van der Waals surface area (Å²) in [4.78, 5) is 8.62. The highest BCUT2D eigenvalue weighted by Crippen LogP contribution is 2.11. The second kappa shape index (κ2) is 4.57. The molecule has 84 valence electrons. The van der Waals surface area contributed by atoms with Gasteiger partial charge in [0.25, 0.3) is 0 Å². The standard InChI is InChI=1S/C11H19N3O/c1-8-6-9(12-5)14-10(13-8)7-15-11(2,3)4/h6H,7H2,1-5H3,(H,12,13,14). The summed E-state index contributed by atoms with van der Waals surface area (Å²) in [5, 5.41) is 3.00. The van der Waals surface area contributed by atoms with Crippen molar-refractivity contribution >= 4 is 5.82 Å². The first-order chi connectivity index (χ1) is 6.90. The summed E-state index contributed by atoms with van der Waals surface area (Å²) < 4.78 is 5.62. The third-order valence-electron chi connectivity index (χ3n) is 1.79. The van der Waals surface area contributed by atoms with Crippen molar-refractivity contribution in [2.45, 2.75) is 39.9 Å². The Bertz CT molecular complexity index is 331. The van der Waals surface area contributed by atoms with Crippen LogP contribution < -0.4 is 5.32 Å². The van der Waals surface area contributed by atoms with Crippen LogP contribution >= 0.6 is 0 Å². The molecule has 0 aliphatic carbocycles. The molecule has 4 heteroatoms. The number of aromatic nitrogens is 2. The average molecular weight is 209 g/mol. The Morgan fingerprint density at radius 1 is 1.33 bits per heavy atom. The molecule has 0 bridgehead atoms. The number of aryl methyl sites for hydroxylation is 1. The predicted octanol–water partition coefficient (Wildman–Crippen LogP) is 2.14. The molecule has 0 aliphatic heterocycles. The van der Waals surface area contributed by atoms with Crippen LogP contribution in [-0.2, 0) is 11.3 Å². The zero-order valence-corrected chi connectivity index (χ0v) is 10.1. The Morgan fingerprint density at radius 3 is 2.53 bits per heavy atom. The van der Waals surface area contributed by atoms with Gasteiger partial charge in [0.05, 0.1) is 5.60 Å². The summed E-state index contributed by atoms with van der Waals surface area (Å²) in [7, 11) is 1.84. The molecule has 4 nitrogen and oxygen atoms in total. The van der Waals surface area contributed by atoms with E-state index in [1.54, 1.807) is 0 Å². The van der Waals surface area contributed by atoms with Crippen LogP contribution in [0.5, 0.6) is 0 Å². The van der Waals surface area contributed by atoms with Gasteiger partial charge in [0.1, 0.15) is 12.4 Å². The van der Waals surface area contributed by atoms with E-state index in [9.17, 15) is 0 Å². The van der Waals surface area contributed by atoms with E-state index in [1.165, 1.54) is 0 Å². The molecule has 0 saturated carbocycles. The van der Waals surface area contributed by atoms with Crippen LogP contribution in [0.3, 0.4) is 0 Å². The van der Waals surface area contributed by atoms with E-state index in [0.717, 1.165) is 11.5 Å². The van der Waals surface area contributed by atoms with Gasteiger partial charge < -0.3 is 10.1 Å². The van der Waals surface area contributed by atoms with E-state index in [4.69, 9.17) is 4.74 Å². The normalized spacial score (nSPS) is 11.5. The summed E-state index contributed by atoms with van der Waals surface area (Å²) in [5.41, 5.74) is 0.786. The lowest BCUT2D eigenvalue weighted by molar-refractivity contribution is -0.0181. The first-order valence-corrected chi connectivity index (χ1v) is 5.07. The first-order valence-electron chi connectivity index (χ1n) is 5.07. The Hall–Kier alpha value is -1.16. The molecule has 0 unspecified atom stereocenters. The molecule has 0 aromatic carbocycles. The lowest BCUT2D eigenvalue weighted by Gasteiger charge is -2.19. The highest BCUT2D eigenvalue weighted by molar-refractivity contribution is 5.34. The number of rotatable bonds is 3. The predicted molar refractivity (Wildman–Crippen MR) is 60.9 cm³/mol. The largest absolute Gasteiger partial charge is 0.373 e. The summed E-state index contributed by atoms with van der Waals surface area (Å²) in [6.45, 7) is 8.44. The number of hydrogen-bond acceptors (Lipinski definition) is 4. The summed E-state index contributed by atoms with van der Waals surface area (Å²) >= 11 is 0. The van der Waals surface area contributed by atoms with Gasteiger partial charge in [-0.05, 0) is 27.7 Å². The number of anilines is 1. The molecule has 1 rings (SSSR count). The molecule has 0 spiro atoms. The molecule has 1 heterocycles. The minimum atomic E-state index is -0.160. The van der Waals surface area contributed by atoms with Crippen molar-refractivity contribution in [3.05, 3.63) is 17.6 Å². The van der Waals surface area contributed by atoms with Crippen molar-refractivity contribution in [2.24, 2.45) is 0 Å². The van der Waals surface area contributed by atoms with Gasteiger partial charge in [0, 0.05) is 18.8 Å². The van der Waals surface area contributed by atoms with Gasteiger partial charge in [-0.1, -0.05) is 0 Å². The van der Waals surface area contributed by atoms with E-state index in [2.05, 4.69) is 15.3 Å². The van der Waals surface area contributed by atoms with Gasteiger partial charge in [-0.2, -0.15) is 0 Å². The summed E-state index contributed by atoms with van der Waals surface area (Å²) in [6.07, 6.45) is 0. The third kappa shape index (κ3) is 4.25. The Labute approximate surface area is 91.1 Å². The highest BCUT2D eigenvalue weighted by Gasteiger charge is 2.11. The fraction of sp³-hybridized carbons (Fsp3) is 0.636. The van der Waals surface area contributed by atoms with Crippen LogP contribution in [-0.4, -0.2) is 22.6 Å². The molecule has 1 aromatic rings. The molecule has 0 saturated heterocycles. The monoisotopic (exact) mass is 209 g/mol. The Kier molecular flexibility index (Phi) is 3.63. The van der Waals surface area contributed by atoms with Crippen LogP contribution in [0.1, 0.15) is 32.3 Å². The summed E-state index contributed by atoms with van der Waals surface area (Å²) in [6, 6.07) is 1.90. The smallest absolute Gasteiger partial charge is 0.156 e. The van der Waals surface area contributed by atoms with Crippen LogP contribution in [0.15, 0.2) is 6.07 Å². The Morgan fingerprint density at radius 2 is 2.00 bits per heavy atom. The molecule has 0 atom stereocenters. The van der Waals surface area contributed by atoms with E-state index >= 15 is 0 Å². The highest BCUT2D eigenvalue weighted by atomic mass is 16.5. The maximum atomic E-state index is 5.62. The van der Waals surface area contributed by atoms with Crippen molar-refractivity contribution in [1.82, 2.24) is 9.97 Å². The van der Waals surface area contributed by atoms with E-state index in [0.29, 0.717) is 12.4 Å². The number of nitrogens with zero attached hydrogens (tertiary/aromatic N) is 2. The molecular weight excluding hydrogens is 190 g/mol. The van der Waals surface area contributed by atoms with Crippen molar-refractivity contribution < 1.29 is 4.74 Å². The van der Waals surface area contributed by atoms with Crippen LogP contribution in [0.25, 0.3) is 0 Å². The zero-order chi connectivity index (χ0) is 11.5. The lowest BCUT2D eigenvalue weighted by atomic mass is 10.2. The van der Waals surface area contributed by atoms with Gasteiger partial charge in [0.2, 0.25) is 0 Å². The van der Waals surface area contributed by atoms with E-state index in [1.807, 2.05) is 40.8 Å². The SMILES string of the molecule is CNc1cc(C)nc(COC(C)(C)C)n1. The van der Waals surface area contributed by atoms with Gasteiger partial charge in [0.15, 0.2) is 5.82 Å². The van der Waals surface area contributed by atoms with Crippen LogP contribution in [0.4, 0.5) is 5.82 Å². The van der Waals surface area contributed by atoms with Crippen LogP contribution in [0.2, 0.25) is 0 Å². The Balaban J connectivity index is 2.73. The van der Waals surface area contributed by atoms with Crippen molar-refractivity contribution in [3.63, 3.8) is 0 Å². The zero-order valence-electron chi connectivity index (χ0n) is 10.1. The minimum absolute atomic E-state index is 0.160. The molecule has 0 aliphatic rings. The van der Waals surface area contributed by atoms with Crippen LogP contribution in [0, 0.1) is 6.92 Å². The van der Waals surface area contributed by atoms with Gasteiger partial charge in [-0.15, -0.1) is 0 Å². The molecule has 1 N–H and O–H groups in total. The lowest BCUT2D eigenvalue weighted by Crippen LogP contribution is -2.19. The molecule has 0 amide bonds. The van der Waals surface area contributed by atoms with Gasteiger partial charge in [-0.3, -0.25) is 0 Å². The average Bonchev–Trinajstić information content (AvgIpc) is 2.13. The fourth-order valence-corrected chi connectivity index (χ4v) is 1.10. The molecule has 0 fully saturated rings. The van der Waals surface area contributed by atoms with Gasteiger partial charge in [-0.25, -0.2) is 9.97 Å². The second-order valence-electron chi connectivity index (χ2n) is 4.46. The number of hydrogen-bond donors (Lipinski definition) is 1. The number of nitrogens with one attached hydrogen (secondary N) is 1. The van der Waals surface area contributed by atoms with Crippen molar-refractivity contribution in [2.75, 3.05) is 12.4 Å². The van der Waals surface area contributed by atoms with E-state index < -0.39 is 0 Å². The van der Waals surface area contributed by atoms with E-state index in [-0.39, 0.29) is 5.60 Å². The quantitative estimate of drug-likeness (QED) is 0.828. The second-order valence-corrected chi connectivity index (χ2v) is 4.46. The molecule has 0 radical (unpaired) electrons. The van der Waals surface area contributed by atoms with Gasteiger partial charge >= 0.3 is 0 Å². The first kappa shape index (κ1) is 11.9. The molecule has 15 heavy (non-hydrogen) atoms. The minimum Gasteiger partial charge on any atom is -0.373 e. The number of ether oxygens (including phenoxy) is 1. The van der Waals surface area contributed by atoms with Crippen molar-refractivity contribution in [3.8, 4) is 0 Å². The summed E-state index contributed by atoms with van der Waals surface area (Å²) in [5.74, 6) is 1.55. The topological polar surface area (TPSA) is 47.0 Å². The molecule has 1 aromatic heterocycles. The fourth-order valence-electron chi connectivity index (χ4n) is 1.10. The maximum Gasteiger partial charge on any atom is 0.156 e.